The molecule has 4 fully saturated rings. The van der Waals surface area contributed by atoms with Crippen molar-refractivity contribution in [3.05, 3.63) is 12.7 Å². The Morgan fingerprint density at radius 3 is 2.32 bits per heavy atom. The molecule has 0 spiro atoms. The van der Waals surface area contributed by atoms with Crippen molar-refractivity contribution in [3.8, 4) is 0 Å². The van der Waals surface area contributed by atoms with Gasteiger partial charge in [0.05, 0.1) is 0 Å². The lowest BCUT2D eigenvalue weighted by Crippen LogP contribution is -2.72. The van der Waals surface area contributed by atoms with Crippen LogP contribution in [0.3, 0.4) is 0 Å². The zero-order valence-corrected chi connectivity index (χ0v) is 11.9. The van der Waals surface area contributed by atoms with E-state index >= 15 is 0 Å². The molecule has 3 unspecified atom stereocenters. The van der Waals surface area contributed by atoms with Gasteiger partial charge >= 0.3 is 5.97 Å². The first kappa shape index (κ1) is 13.2. The molecule has 0 aromatic rings. The summed E-state index contributed by atoms with van der Waals surface area (Å²) in [5.74, 6) is 1.29. The number of carbonyl (C=O) groups excluding carboxylic acids is 1. The Bertz CT molecular complexity index is 400. The fraction of sp³-hybridized carbons (Fsp3) is 0.812. The molecule has 4 aliphatic rings. The second-order valence-corrected chi connectivity index (χ2v) is 7.15. The van der Waals surface area contributed by atoms with Crippen molar-refractivity contribution < 1.29 is 14.6 Å². The molecular weight excluding hydrogens is 240 g/mol. The first-order valence-electron chi connectivity index (χ1n) is 7.49. The summed E-state index contributed by atoms with van der Waals surface area (Å²) in [5.41, 5.74) is -1.53. The Morgan fingerprint density at radius 2 is 1.89 bits per heavy atom. The highest BCUT2D eigenvalue weighted by Gasteiger charge is 2.68. The van der Waals surface area contributed by atoms with Gasteiger partial charge in [-0.15, -0.1) is 0 Å². The van der Waals surface area contributed by atoms with E-state index in [0.29, 0.717) is 17.8 Å². The number of aliphatic hydroxyl groups is 1. The van der Waals surface area contributed by atoms with Gasteiger partial charge in [0.1, 0.15) is 11.2 Å². The van der Waals surface area contributed by atoms with Gasteiger partial charge in [-0.05, 0) is 49.9 Å². The van der Waals surface area contributed by atoms with Gasteiger partial charge in [-0.25, -0.2) is 4.79 Å². The molecule has 0 radical (unpaired) electrons. The number of hydrogen-bond acceptors (Lipinski definition) is 3. The highest BCUT2D eigenvalue weighted by atomic mass is 16.6. The summed E-state index contributed by atoms with van der Waals surface area (Å²) in [6.07, 6.45) is 6.26. The zero-order chi connectivity index (χ0) is 13.8. The number of rotatable bonds is 3. The van der Waals surface area contributed by atoms with E-state index in [1.165, 1.54) is 12.5 Å². The van der Waals surface area contributed by atoms with E-state index in [-0.39, 0.29) is 5.92 Å². The minimum Gasteiger partial charge on any atom is -0.452 e. The van der Waals surface area contributed by atoms with Crippen molar-refractivity contribution in [2.75, 3.05) is 0 Å². The maximum atomic E-state index is 11.8. The zero-order valence-electron chi connectivity index (χ0n) is 11.9. The predicted octanol–water partition coefficient (Wildman–Crippen LogP) is 2.68. The molecule has 0 amide bonds. The monoisotopic (exact) mass is 264 g/mol. The molecule has 1 N–H and O–H groups in total. The van der Waals surface area contributed by atoms with E-state index in [9.17, 15) is 9.90 Å². The summed E-state index contributed by atoms with van der Waals surface area (Å²) in [6, 6.07) is 0. The summed E-state index contributed by atoms with van der Waals surface area (Å²) in [6.45, 7) is 7.63. The molecule has 3 nitrogen and oxygen atoms in total. The second-order valence-electron chi connectivity index (χ2n) is 7.15. The third-order valence-corrected chi connectivity index (χ3v) is 5.78. The minimum atomic E-state index is -0.825. The lowest BCUT2D eigenvalue weighted by atomic mass is 9.45. The average molecular weight is 264 g/mol. The SMILES string of the molecule is C=CC(=O)OC1(C(C)C)C2CC3CC(C2)CC1(O)C3. The lowest BCUT2D eigenvalue weighted by Gasteiger charge is -2.65. The van der Waals surface area contributed by atoms with E-state index in [1.54, 1.807) is 0 Å². The summed E-state index contributed by atoms with van der Waals surface area (Å²) >= 11 is 0. The fourth-order valence-electron chi connectivity index (χ4n) is 5.50. The Morgan fingerprint density at radius 1 is 1.32 bits per heavy atom. The molecule has 4 rings (SSSR count). The van der Waals surface area contributed by atoms with Crippen LogP contribution in [0.2, 0.25) is 0 Å². The summed E-state index contributed by atoms with van der Waals surface area (Å²) in [7, 11) is 0. The minimum absolute atomic E-state index is 0.131. The summed E-state index contributed by atoms with van der Waals surface area (Å²) in [4.78, 5) is 11.8. The number of ether oxygens (including phenoxy) is 1. The van der Waals surface area contributed by atoms with Crippen molar-refractivity contribution in [1.82, 2.24) is 0 Å². The number of hydrogen-bond donors (Lipinski definition) is 1. The molecular formula is C16H24O3. The molecule has 3 atom stereocenters. The van der Waals surface area contributed by atoms with Crippen molar-refractivity contribution in [3.63, 3.8) is 0 Å². The maximum Gasteiger partial charge on any atom is 0.330 e. The van der Waals surface area contributed by atoms with Crippen molar-refractivity contribution in [1.29, 1.82) is 0 Å². The molecule has 19 heavy (non-hydrogen) atoms. The van der Waals surface area contributed by atoms with Crippen molar-refractivity contribution >= 4 is 5.97 Å². The largest absolute Gasteiger partial charge is 0.452 e. The van der Waals surface area contributed by atoms with Crippen LogP contribution in [0.1, 0.15) is 46.0 Å². The smallest absolute Gasteiger partial charge is 0.330 e. The Labute approximate surface area is 115 Å². The highest BCUT2D eigenvalue weighted by Crippen LogP contribution is 2.63. The summed E-state index contributed by atoms with van der Waals surface area (Å²) < 4.78 is 5.82. The maximum absolute atomic E-state index is 11.8. The Hall–Kier alpha value is -0.830. The van der Waals surface area contributed by atoms with Gasteiger partial charge in [0, 0.05) is 12.0 Å². The van der Waals surface area contributed by atoms with Crippen LogP contribution < -0.4 is 0 Å². The van der Waals surface area contributed by atoms with Gasteiger partial charge in [0.15, 0.2) is 0 Å². The van der Waals surface area contributed by atoms with E-state index in [1.807, 2.05) is 0 Å². The molecule has 0 aliphatic heterocycles. The van der Waals surface area contributed by atoms with E-state index in [4.69, 9.17) is 4.74 Å². The van der Waals surface area contributed by atoms with E-state index in [0.717, 1.165) is 25.7 Å². The van der Waals surface area contributed by atoms with Crippen LogP contribution in [0.25, 0.3) is 0 Å². The Kier molecular flexibility index (Phi) is 2.83. The van der Waals surface area contributed by atoms with Crippen LogP contribution in [-0.2, 0) is 9.53 Å². The highest BCUT2D eigenvalue weighted by molar-refractivity contribution is 5.81. The van der Waals surface area contributed by atoms with Crippen LogP contribution in [-0.4, -0.2) is 22.3 Å². The normalized spacial score (nSPS) is 47.5. The molecule has 4 bridgehead atoms. The van der Waals surface area contributed by atoms with Crippen LogP contribution in [0.4, 0.5) is 0 Å². The average Bonchev–Trinajstić information content (AvgIpc) is 2.31. The number of esters is 1. The molecule has 0 aromatic carbocycles. The van der Waals surface area contributed by atoms with Gasteiger partial charge < -0.3 is 9.84 Å². The first-order chi connectivity index (χ1) is 8.91. The Balaban J connectivity index is 2.02. The topological polar surface area (TPSA) is 46.5 Å². The molecule has 106 valence electrons. The molecule has 0 saturated heterocycles. The first-order valence-corrected chi connectivity index (χ1v) is 7.49. The molecule has 3 heteroatoms. The predicted molar refractivity (Wildman–Crippen MR) is 72.4 cm³/mol. The van der Waals surface area contributed by atoms with Gasteiger partial charge in [-0.1, -0.05) is 20.4 Å². The third kappa shape index (κ3) is 1.63. The fourth-order valence-corrected chi connectivity index (χ4v) is 5.50. The third-order valence-electron chi connectivity index (χ3n) is 5.78. The van der Waals surface area contributed by atoms with Crippen molar-refractivity contribution in [2.45, 2.75) is 57.2 Å². The van der Waals surface area contributed by atoms with Gasteiger partial charge in [-0.2, -0.15) is 0 Å². The lowest BCUT2D eigenvalue weighted by molar-refractivity contribution is -0.289. The van der Waals surface area contributed by atoms with Gasteiger partial charge in [-0.3, -0.25) is 0 Å². The van der Waals surface area contributed by atoms with Crippen LogP contribution >= 0.6 is 0 Å². The quantitative estimate of drug-likeness (QED) is 0.629. The van der Waals surface area contributed by atoms with E-state index in [2.05, 4.69) is 20.4 Å². The molecule has 4 saturated carbocycles. The molecule has 0 aromatic heterocycles. The second kappa shape index (κ2) is 4.08. The molecule has 0 heterocycles. The van der Waals surface area contributed by atoms with Crippen molar-refractivity contribution in [2.24, 2.45) is 23.7 Å². The van der Waals surface area contributed by atoms with Crippen LogP contribution in [0.5, 0.6) is 0 Å². The van der Waals surface area contributed by atoms with E-state index < -0.39 is 17.2 Å². The summed E-state index contributed by atoms with van der Waals surface area (Å²) in [5, 5.41) is 11.2. The number of carbonyl (C=O) groups is 1. The van der Waals surface area contributed by atoms with Gasteiger partial charge in [0.25, 0.3) is 0 Å². The molecule has 4 aliphatic carbocycles. The van der Waals surface area contributed by atoms with Crippen LogP contribution in [0, 0.1) is 23.7 Å². The van der Waals surface area contributed by atoms with Crippen LogP contribution in [0.15, 0.2) is 12.7 Å². The van der Waals surface area contributed by atoms with Gasteiger partial charge in [0.2, 0.25) is 0 Å². The standard InChI is InChI=1S/C16H24O3/c1-4-14(17)19-16(10(2)3)13-6-11-5-12(7-13)9-15(16,18)8-11/h4,10-13,18H,1,5-9H2,2-3H3.